The molecule has 0 bridgehead atoms. The van der Waals surface area contributed by atoms with Crippen LogP contribution in [0.3, 0.4) is 0 Å². The van der Waals surface area contributed by atoms with Gasteiger partial charge < -0.3 is 4.74 Å². The third-order valence-electron chi connectivity index (χ3n) is 2.39. The second kappa shape index (κ2) is 5.39. The van der Waals surface area contributed by atoms with Crippen LogP contribution >= 0.6 is 0 Å². The van der Waals surface area contributed by atoms with Crippen molar-refractivity contribution >= 4 is 6.29 Å². The van der Waals surface area contributed by atoms with Crippen molar-refractivity contribution in [2.45, 2.75) is 20.1 Å². The number of ether oxygens (including phenoxy) is 1. The van der Waals surface area contributed by atoms with Gasteiger partial charge in [-0.05, 0) is 19.1 Å². The van der Waals surface area contributed by atoms with E-state index in [4.69, 9.17) is 4.74 Å². The van der Waals surface area contributed by atoms with Gasteiger partial charge in [0, 0.05) is 18.2 Å². The zero-order valence-corrected chi connectivity index (χ0v) is 9.84. The zero-order chi connectivity index (χ0) is 13.0. The van der Waals surface area contributed by atoms with Crippen molar-refractivity contribution in [3.63, 3.8) is 0 Å². The number of hydrogen-bond acceptors (Lipinski definition) is 4. The highest BCUT2D eigenvalue weighted by Crippen LogP contribution is 2.16. The number of benzene rings is 1. The Bertz CT molecular complexity index is 554. The smallest absolute Gasteiger partial charge is 0.164 e. The molecule has 1 aromatic heterocycles. The molecule has 0 saturated heterocycles. The number of aldehydes is 1. The number of hydrogen-bond donors (Lipinski definition) is 0. The first-order chi connectivity index (χ1) is 8.72. The maximum atomic E-state index is 13.2. The van der Waals surface area contributed by atoms with Gasteiger partial charge in [0.25, 0.3) is 0 Å². The molecule has 1 aromatic carbocycles. The van der Waals surface area contributed by atoms with Gasteiger partial charge in [-0.25, -0.2) is 14.1 Å². The maximum absolute atomic E-state index is 13.2. The number of carbonyl (C=O) groups excluding carboxylic acids is 1. The predicted octanol–water partition coefficient (Wildman–Crippen LogP) is 1.83. The predicted molar refractivity (Wildman–Crippen MR) is 61.8 cm³/mol. The summed E-state index contributed by atoms with van der Waals surface area (Å²) >= 11 is 0. The topological polar surface area (TPSA) is 57.0 Å². The number of carbonyl (C=O) groups is 1. The molecule has 0 spiro atoms. The Morgan fingerprint density at radius 2 is 2.28 bits per heavy atom. The molecule has 2 rings (SSSR count). The standard InChI is InChI=1S/C12H12FN3O2/c1-2-16-12(14-8-15-16)7-18-11-4-9(6-17)3-10(13)5-11/h3-6,8H,2,7H2,1H3. The third kappa shape index (κ3) is 2.71. The number of aryl methyl sites for hydroxylation is 1. The molecule has 0 N–H and O–H groups in total. The second-order valence-corrected chi connectivity index (χ2v) is 3.62. The van der Waals surface area contributed by atoms with Crippen molar-refractivity contribution < 1.29 is 13.9 Å². The van der Waals surface area contributed by atoms with Crippen LogP contribution in [0.5, 0.6) is 5.75 Å². The third-order valence-corrected chi connectivity index (χ3v) is 2.39. The molecular formula is C12H12FN3O2. The van der Waals surface area contributed by atoms with Gasteiger partial charge in [0.1, 0.15) is 30.8 Å². The summed E-state index contributed by atoms with van der Waals surface area (Å²) in [6, 6.07) is 3.84. The van der Waals surface area contributed by atoms with Gasteiger partial charge in [-0.2, -0.15) is 5.10 Å². The first-order valence-electron chi connectivity index (χ1n) is 5.48. The number of rotatable bonds is 5. The van der Waals surface area contributed by atoms with E-state index in [1.807, 2.05) is 6.92 Å². The molecule has 0 atom stereocenters. The van der Waals surface area contributed by atoms with E-state index in [0.29, 0.717) is 24.4 Å². The van der Waals surface area contributed by atoms with E-state index in [0.717, 1.165) is 6.07 Å². The van der Waals surface area contributed by atoms with Gasteiger partial charge in [-0.3, -0.25) is 4.79 Å². The van der Waals surface area contributed by atoms with Gasteiger partial charge in [-0.15, -0.1) is 0 Å². The number of nitrogens with zero attached hydrogens (tertiary/aromatic N) is 3. The fourth-order valence-electron chi connectivity index (χ4n) is 1.55. The van der Waals surface area contributed by atoms with Crippen molar-refractivity contribution in [2.75, 3.05) is 0 Å². The molecule has 6 heteroatoms. The summed E-state index contributed by atoms with van der Waals surface area (Å²) in [6.07, 6.45) is 2.01. The first-order valence-corrected chi connectivity index (χ1v) is 5.48. The van der Waals surface area contributed by atoms with E-state index >= 15 is 0 Å². The van der Waals surface area contributed by atoms with E-state index in [1.54, 1.807) is 4.68 Å². The summed E-state index contributed by atoms with van der Waals surface area (Å²) in [4.78, 5) is 14.6. The quantitative estimate of drug-likeness (QED) is 0.758. The van der Waals surface area contributed by atoms with Gasteiger partial charge in [0.05, 0.1) is 0 Å². The first kappa shape index (κ1) is 12.2. The lowest BCUT2D eigenvalue weighted by Gasteiger charge is -2.07. The minimum Gasteiger partial charge on any atom is -0.485 e. The Hall–Kier alpha value is -2.24. The normalized spacial score (nSPS) is 10.3. The lowest BCUT2D eigenvalue weighted by molar-refractivity contribution is 0.112. The number of halogens is 1. The molecule has 0 aliphatic rings. The lowest BCUT2D eigenvalue weighted by Crippen LogP contribution is -2.07. The second-order valence-electron chi connectivity index (χ2n) is 3.62. The van der Waals surface area contributed by atoms with E-state index < -0.39 is 5.82 Å². The van der Waals surface area contributed by atoms with Crippen LogP contribution in [0.1, 0.15) is 23.1 Å². The highest BCUT2D eigenvalue weighted by atomic mass is 19.1. The monoisotopic (exact) mass is 249 g/mol. The van der Waals surface area contributed by atoms with Crippen LogP contribution in [0.4, 0.5) is 4.39 Å². The van der Waals surface area contributed by atoms with Crippen molar-refractivity contribution in [1.82, 2.24) is 14.8 Å². The molecule has 2 aromatic rings. The molecule has 5 nitrogen and oxygen atoms in total. The average Bonchev–Trinajstić information content (AvgIpc) is 2.83. The summed E-state index contributed by atoms with van der Waals surface area (Å²) in [6.45, 7) is 2.79. The Morgan fingerprint density at radius 1 is 1.44 bits per heavy atom. The Morgan fingerprint density at radius 3 is 3.00 bits per heavy atom. The summed E-state index contributed by atoms with van der Waals surface area (Å²) in [5, 5.41) is 3.99. The van der Waals surface area contributed by atoms with Crippen molar-refractivity contribution in [1.29, 1.82) is 0 Å². The van der Waals surface area contributed by atoms with Crippen LogP contribution < -0.4 is 4.74 Å². The molecule has 0 saturated carbocycles. The van der Waals surface area contributed by atoms with Gasteiger partial charge >= 0.3 is 0 Å². The molecule has 0 unspecified atom stereocenters. The Labute approximate surface area is 103 Å². The number of aromatic nitrogens is 3. The minimum atomic E-state index is -0.508. The Balaban J connectivity index is 2.10. The molecule has 0 radical (unpaired) electrons. The summed E-state index contributed by atoms with van der Waals surface area (Å²) in [7, 11) is 0. The molecule has 0 fully saturated rings. The molecule has 1 heterocycles. The minimum absolute atomic E-state index is 0.176. The van der Waals surface area contributed by atoms with Crippen LogP contribution in [0, 0.1) is 5.82 Å². The summed E-state index contributed by atoms with van der Waals surface area (Å²) in [5.41, 5.74) is 0.238. The fourth-order valence-corrected chi connectivity index (χ4v) is 1.55. The van der Waals surface area contributed by atoms with Gasteiger partial charge in [0.2, 0.25) is 0 Å². The van der Waals surface area contributed by atoms with Crippen LogP contribution in [0.15, 0.2) is 24.5 Å². The van der Waals surface area contributed by atoms with E-state index in [9.17, 15) is 9.18 Å². The van der Waals surface area contributed by atoms with Crippen LogP contribution in [0.25, 0.3) is 0 Å². The van der Waals surface area contributed by atoms with Crippen LogP contribution in [-0.2, 0) is 13.2 Å². The van der Waals surface area contributed by atoms with Gasteiger partial charge in [0.15, 0.2) is 5.82 Å². The molecule has 94 valence electrons. The maximum Gasteiger partial charge on any atom is 0.164 e. The van der Waals surface area contributed by atoms with Crippen molar-refractivity contribution in [2.24, 2.45) is 0 Å². The lowest BCUT2D eigenvalue weighted by atomic mass is 10.2. The fraction of sp³-hybridized carbons (Fsp3) is 0.250. The molecule has 18 heavy (non-hydrogen) atoms. The largest absolute Gasteiger partial charge is 0.485 e. The van der Waals surface area contributed by atoms with E-state index in [1.165, 1.54) is 18.5 Å². The van der Waals surface area contributed by atoms with E-state index in [2.05, 4.69) is 10.1 Å². The van der Waals surface area contributed by atoms with Crippen molar-refractivity contribution in [3.8, 4) is 5.75 Å². The zero-order valence-electron chi connectivity index (χ0n) is 9.84. The molecule has 0 amide bonds. The SMILES string of the molecule is CCn1ncnc1COc1cc(F)cc(C=O)c1. The Kier molecular flexibility index (Phi) is 3.66. The molecule has 0 aliphatic heterocycles. The van der Waals surface area contributed by atoms with Crippen molar-refractivity contribution in [3.05, 3.63) is 41.7 Å². The van der Waals surface area contributed by atoms with Crippen LogP contribution in [-0.4, -0.2) is 21.1 Å². The van der Waals surface area contributed by atoms with Gasteiger partial charge in [-0.1, -0.05) is 0 Å². The molecular weight excluding hydrogens is 237 g/mol. The highest BCUT2D eigenvalue weighted by molar-refractivity contribution is 5.75. The summed E-state index contributed by atoms with van der Waals surface area (Å²) < 4.78 is 20.2. The van der Waals surface area contributed by atoms with E-state index in [-0.39, 0.29) is 12.2 Å². The summed E-state index contributed by atoms with van der Waals surface area (Å²) in [5.74, 6) is 0.434. The average molecular weight is 249 g/mol. The highest BCUT2D eigenvalue weighted by Gasteiger charge is 2.05. The van der Waals surface area contributed by atoms with Crippen LogP contribution in [0.2, 0.25) is 0 Å². The molecule has 0 aliphatic carbocycles.